The highest BCUT2D eigenvalue weighted by molar-refractivity contribution is 5.22. The molecule has 0 radical (unpaired) electrons. The second-order valence-corrected chi connectivity index (χ2v) is 4.56. The van der Waals surface area contributed by atoms with Crippen LogP contribution in [0.5, 0.6) is 0 Å². The molecule has 0 aromatic carbocycles. The van der Waals surface area contributed by atoms with Crippen molar-refractivity contribution in [3.8, 4) is 0 Å². The van der Waals surface area contributed by atoms with Gasteiger partial charge in [-0.2, -0.15) is 5.10 Å². The average molecular weight is 244 g/mol. The van der Waals surface area contributed by atoms with Gasteiger partial charge in [0.25, 0.3) is 0 Å². The summed E-state index contributed by atoms with van der Waals surface area (Å²) in [7, 11) is 0. The van der Waals surface area contributed by atoms with Crippen LogP contribution in [0.25, 0.3) is 0 Å². The maximum absolute atomic E-state index is 4.52. The molecule has 0 saturated carbocycles. The second kappa shape index (κ2) is 5.78. The minimum Gasteiger partial charge on any atom is -0.311 e. The van der Waals surface area contributed by atoms with E-state index in [1.165, 1.54) is 16.8 Å². The van der Waals surface area contributed by atoms with Crippen LogP contribution in [0.15, 0.2) is 24.5 Å². The number of nitrogens with one attached hydrogen (secondary N) is 1. The van der Waals surface area contributed by atoms with Crippen LogP contribution in [0.4, 0.5) is 0 Å². The Morgan fingerprint density at radius 1 is 1.28 bits per heavy atom. The Balaban J connectivity index is 1.80. The lowest BCUT2D eigenvalue weighted by atomic mass is 10.2. The van der Waals surface area contributed by atoms with E-state index >= 15 is 0 Å². The molecule has 4 heteroatoms. The summed E-state index contributed by atoms with van der Waals surface area (Å²) in [6, 6.07) is 4.04. The van der Waals surface area contributed by atoms with Crippen molar-refractivity contribution in [3.63, 3.8) is 0 Å². The first kappa shape index (κ1) is 12.8. The van der Waals surface area contributed by atoms with E-state index in [0.717, 1.165) is 25.3 Å². The van der Waals surface area contributed by atoms with Crippen molar-refractivity contribution in [1.82, 2.24) is 20.1 Å². The second-order valence-electron chi connectivity index (χ2n) is 4.56. The van der Waals surface area contributed by atoms with Crippen LogP contribution in [-0.4, -0.2) is 21.3 Å². The third-order valence-corrected chi connectivity index (χ3v) is 3.30. The predicted molar refractivity (Wildman–Crippen MR) is 72.4 cm³/mol. The van der Waals surface area contributed by atoms with Crippen molar-refractivity contribution >= 4 is 0 Å². The van der Waals surface area contributed by atoms with E-state index < -0.39 is 0 Å². The van der Waals surface area contributed by atoms with Gasteiger partial charge in [-0.3, -0.25) is 9.67 Å². The Kier molecular flexibility index (Phi) is 4.10. The summed E-state index contributed by atoms with van der Waals surface area (Å²) in [5, 5.41) is 7.92. The molecule has 0 aliphatic rings. The Morgan fingerprint density at radius 2 is 2.11 bits per heavy atom. The molecule has 0 amide bonds. The van der Waals surface area contributed by atoms with Crippen molar-refractivity contribution in [2.75, 3.05) is 6.54 Å². The third-order valence-electron chi connectivity index (χ3n) is 3.30. The molecule has 0 aliphatic heterocycles. The summed E-state index contributed by atoms with van der Waals surface area (Å²) in [5.74, 6) is 0. The molecule has 0 bridgehead atoms. The lowest BCUT2D eigenvalue weighted by Crippen LogP contribution is -2.20. The number of nitrogens with zero attached hydrogens (tertiary/aromatic N) is 3. The number of hydrogen-bond acceptors (Lipinski definition) is 3. The Labute approximate surface area is 108 Å². The van der Waals surface area contributed by atoms with Gasteiger partial charge < -0.3 is 5.32 Å². The zero-order valence-electron chi connectivity index (χ0n) is 11.3. The van der Waals surface area contributed by atoms with Crippen molar-refractivity contribution in [2.24, 2.45) is 0 Å². The Bertz CT molecular complexity index is 502. The summed E-state index contributed by atoms with van der Waals surface area (Å²) in [4.78, 5) is 4.09. The van der Waals surface area contributed by atoms with Gasteiger partial charge in [-0.25, -0.2) is 0 Å². The molecule has 4 nitrogen and oxygen atoms in total. The molecule has 96 valence electrons. The average Bonchev–Trinajstić information content (AvgIpc) is 2.64. The van der Waals surface area contributed by atoms with Crippen molar-refractivity contribution in [2.45, 2.75) is 33.9 Å². The van der Waals surface area contributed by atoms with Crippen LogP contribution in [0, 0.1) is 20.8 Å². The zero-order valence-corrected chi connectivity index (χ0v) is 11.3. The van der Waals surface area contributed by atoms with Crippen LogP contribution >= 0.6 is 0 Å². The molecule has 0 spiro atoms. The number of rotatable bonds is 5. The SMILES string of the molecule is Cc1nn(CCNCc2cccnc2)c(C)c1C. The first-order valence-corrected chi connectivity index (χ1v) is 6.28. The highest BCUT2D eigenvalue weighted by Gasteiger charge is 2.05. The topological polar surface area (TPSA) is 42.7 Å². The van der Waals surface area contributed by atoms with Gasteiger partial charge in [0, 0.05) is 31.2 Å². The molecule has 18 heavy (non-hydrogen) atoms. The van der Waals surface area contributed by atoms with E-state index in [4.69, 9.17) is 0 Å². The largest absolute Gasteiger partial charge is 0.311 e. The maximum Gasteiger partial charge on any atom is 0.0625 e. The highest BCUT2D eigenvalue weighted by Crippen LogP contribution is 2.10. The molecule has 0 saturated heterocycles. The zero-order chi connectivity index (χ0) is 13.0. The van der Waals surface area contributed by atoms with Crippen molar-refractivity contribution in [3.05, 3.63) is 47.0 Å². The predicted octanol–water partition coefficient (Wildman–Crippen LogP) is 1.99. The normalized spacial score (nSPS) is 10.8. The first-order chi connectivity index (χ1) is 8.68. The smallest absolute Gasteiger partial charge is 0.0625 e. The van der Waals surface area contributed by atoms with Crippen LogP contribution in [-0.2, 0) is 13.1 Å². The van der Waals surface area contributed by atoms with Crippen molar-refractivity contribution in [1.29, 1.82) is 0 Å². The number of pyridine rings is 1. The lowest BCUT2D eigenvalue weighted by molar-refractivity contribution is 0.542. The Morgan fingerprint density at radius 3 is 2.72 bits per heavy atom. The fourth-order valence-electron chi connectivity index (χ4n) is 1.92. The molecular formula is C14H20N4. The molecule has 1 N–H and O–H groups in total. The summed E-state index contributed by atoms with van der Waals surface area (Å²) >= 11 is 0. The quantitative estimate of drug-likeness (QED) is 0.818. The van der Waals surface area contributed by atoms with E-state index in [-0.39, 0.29) is 0 Å². The third kappa shape index (κ3) is 2.96. The first-order valence-electron chi connectivity index (χ1n) is 6.28. The fourth-order valence-corrected chi connectivity index (χ4v) is 1.92. The molecule has 2 heterocycles. The molecule has 0 aliphatic carbocycles. The van der Waals surface area contributed by atoms with Gasteiger partial charge in [0.05, 0.1) is 12.2 Å². The number of aryl methyl sites for hydroxylation is 1. The molecule has 0 fully saturated rings. The molecule has 2 aromatic heterocycles. The summed E-state index contributed by atoms with van der Waals surface area (Å²) in [6.07, 6.45) is 3.68. The number of hydrogen-bond donors (Lipinski definition) is 1. The van der Waals surface area contributed by atoms with E-state index in [2.05, 4.69) is 46.9 Å². The van der Waals surface area contributed by atoms with E-state index in [9.17, 15) is 0 Å². The molecule has 2 rings (SSSR count). The Hall–Kier alpha value is -1.68. The highest BCUT2D eigenvalue weighted by atomic mass is 15.3. The van der Waals surface area contributed by atoms with Crippen LogP contribution in [0.3, 0.4) is 0 Å². The summed E-state index contributed by atoms with van der Waals surface area (Å²) in [6.45, 7) is 8.97. The van der Waals surface area contributed by atoms with Crippen LogP contribution in [0.1, 0.15) is 22.5 Å². The van der Waals surface area contributed by atoms with Gasteiger partial charge in [0.2, 0.25) is 0 Å². The van der Waals surface area contributed by atoms with Crippen LogP contribution in [0.2, 0.25) is 0 Å². The maximum atomic E-state index is 4.52. The van der Waals surface area contributed by atoms with E-state index in [1.807, 2.05) is 12.3 Å². The summed E-state index contributed by atoms with van der Waals surface area (Å²) < 4.78 is 2.07. The standard InChI is InChI=1S/C14H20N4/c1-11-12(2)17-18(13(11)3)8-7-16-10-14-5-4-6-15-9-14/h4-6,9,16H,7-8,10H2,1-3H3. The monoisotopic (exact) mass is 244 g/mol. The van der Waals surface area contributed by atoms with E-state index in [1.54, 1.807) is 6.20 Å². The van der Waals surface area contributed by atoms with Gasteiger partial charge in [-0.1, -0.05) is 6.07 Å². The van der Waals surface area contributed by atoms with E-state index in [0.29, 0.717) is 0 Å². The minimum absolute atomic E-state index is 0.853. The molecule has 0 atom stereocenters. The number of aromatic nitrogens is 3. The fraction of sp³-hybridized carbons (Fsp3) is 0.429. The van der Waals surface area contributed by atoms with Gasteiger partial charge in [0.1, 0.15) is 0 Å². The van der Waals surface area contributed by atoms with Crippen LogP contribution < -0.4 is 5.32 Å². The molecular weight excluding hydrogens is 224 g/mol. The van der Waals surface area contributed by atoms with Gasteiger partial charge in [0.15, 0.2) is 0 Å². The van der Waals surface area contributed by atoms with Gasteiger partial charge in [-0.05, 0) is 38.0 Å². The summed E-state index contributed by atoms with van der Waals surface area (Å²) in [5.41, 5.74) is 4.89. The van der Waals surface area contributed by atoms with Gasteiger partial charge in [-0.15, -0.1) is 0 Å². The minimum atomic E-state index is 0.853. The molecule has 2 aromatic rings. The van der Waals surface area contributed by atoms with Crippen molar-refractivity contribution < 1.29 is 0 Å². The molecule has 0 unspecified atom stereocenters. The lowest BCUT2D eigenvalue weighted by Gasteiger charge is -2.06. The van der Waals surface area contributed by atoms with Gasteiger partial charge >= 0.3 is 0 Å².